The molecule has 2 rings (SSSR count). The number of hydrogen-bond acceptors (Lipinski definition) is 6. The minimum atomic E-state index is -0.291. The van der Waals surface area contributed by atoms with E-state index in [1.807, 2.05) is 12.3 Å². The first-order valence-electron chi connectivity index (χ1n) is 4.85. The van der Waals surface area contributed by atoms with E-state index in [0.29, 0.717) is 16.4 Å². The van der Waals surface area contributed by atoms with E-state index in [-0.39, 0.29) is 5.91 Å². The summed E-state index contributed by atoms with van der Waals surface area (Å²) in [5.41, 5.74) is 4.22. The van der Waals surface area contributed by atoms with Crippen LogP contribution in [0.15, 0.2) is 23.8 Å². The first-order chi connectivity index (χ1) is 8.20. The number of aromatic nitrogens is 2. The van der Waals surface area contributed by atoms with E-state index in [1.165, 1.54) is 17.5 Å². The van der Waals surface area contributed by atoms with E-state index >= 15 is 0 Å². The van der Waals surface area contributed by atoms with E-state index < -0.39 is 0 Å². The third-order valence-corrected chi connectivity index (χ3v) is 2.94. The zero-order chi connectivity index (χ0) is 12.3. The molecule has 17 heavy (non-hydrogen) atoms. The predicted octanol–water partition coefficient (Wildman–Crippen LogP) is 1.38. The van der Waals surface area contributed by atoms with Crippen LogP contribution < -0.4 is 16.6 Å². The van der Waals surface area contributed by atoms with Crippen molar-refractivity contribution in [2.45, 2.75) is 6.92 Å². The Kier molecular flexibility index (Phi) is 3.31. The van der Waals surface area contributed by atoms with Crippen LogP contribution in [0, 0.1) is 6.92 Å². The summed E-state index contributed by atoms with van der Waals surface area (Å²) in [5.74, 6) is 5.02. The number of nitrogens with zero attached hydrogens (tertiary/aromatic N) is 2. The molecule has 0 aromatic carbocycles. The lowest BCUT2D eigenvalue weighted by atomic mass is 10.2. The second-order valence-corrected chi connectivity index (χ2v) is 4.17. The van der Waals surface area contributed by atoms with Crippen molar-refractivity contribution >= 4 is 28.1 Å². The molecule has 0 spiro atoms. The number of amides is 1. The van der Waals surface area contributed by atoms with Gasteiger partial charge in [-0.3, -0.25) is 20.9 Å². The summed E-state index contributed by atoms with van der Waals surface area (Å²) >= 11 is 1.37. The van der Waals surface area contributed by atoms with Crippen LogP contribution in [0.4, 0.5) is 10.8 Å². The van der Waals surface area contributed by atoms with Gasteiger partial charge in [-0.25, -0.2) is 4.98 Å². The highest BCUT2D eigenvalue weighted by Gasteiger charge is 2.12. The highest BCUT2D eigenvalue weighted by Crippen LogP contribution is 2.18. The molecule has 0 fully saturated rings. The number of hydrazine groups is 1. The van der Waals surface area contributed by atoms with Gasteiger partial charge >= 0.3 is 0 Å². The predicted molar refractivity (Wildman–Crippen MR) is 66.9 cm³/mol. The van der Waals surface area contributed by atoms with Crippen LogP contribution in [0.3, 0.4) is 0 Å². The molecule has 0 atom stereocenters. The Labute approximate surface area is 102 Å². The molecular formula is C10H11N5OS. The second kappa shape index (κ2) is 4.89. The van der Waals surface area contributed by atoms with Crippen molar-refractivity contribution < 1.29 is 4.79 Å². The van der Waals surface area contributed by atoms with Crippen LogP contribution in [0.1, 0.15) is 16.1 Å². The summed E-state index contributed by atoms with van der Waals surface area (Å²) in [6.07, 6.45) is 3.00. The van der Waals surface area contributed by atoms with E-state index in [1.54, 1.807) is 12.3 Å². The fourth-order valence-electron chi connectivity index (χ4n) is 1.28. The molecule has 2 aromatic heterocycles. The van der Waals surface area contributed by atoms with Gasteiger partial charge in [0.2, 0.25) is 0 Å². The van der Waals surface area contributed by atoms with Gasteiger partial charge in [0.25, 0.3) is 5.91 Å². The molecule has 0 saturated carbocycles. The second-order valence-electron chi connectivity index (χ2n) is 3.31. The Morgan fingerprint density at radius 1 is 1.53 bits per heavy atom. The highest BCUT2D eigenvalue weighted by atomic mass is 32.1. The summed E-state index contributed by atoms with van der Waals surface area (Å²) in [5, 5.41) is 5.10. The van der Waals surface area contributed by atoms with Crippen LogP contribution in [-0.2, 0) is 0 Å². The third kappa shape index (κ3) is 2.58. The smallest absolute Gasteiger partial charge is 0.261 e. The lowest BCUT2D eigenvalue weighted by Gasteiger charge is -2.06. The number of carbonyl (C=O) groups excluding carboxylic acids is 1. The fraction of sp³-hybridized carbons (Fsp3) is 0.100. The van der Waals surface area contributed by atoms with E-state index in [2.05, 4.69) is 20.7 Å². The van der Waals surface area contributed by atoms with Crippen LogP contribution in [0.5, 0.6) is 0 Å². The van der Waals surface area contributed by atoms with Crippen molar-refractivity contribution in [3.8, 4) is 0 Å². The molecule has 2 heterocycles. The zero-order valence-corrected chi connectivity index (χ0v) is 9.91. The zero-order valence-electron chi connectivity index (χ0n) is 9.10. The SMILES string of the molecule is Cc1csc(NC(=O)c2cnccc2NN)n1. The molecule has 0 unspecified atom stereocenters. The van der Waals surface area contributed by atoms with Crippen molar-refractivity contribution in [3.63, 3.8) is 0 Å². The Morgan fingerprint density at radius 2 is 2.35 bits per heavy atom. The van der Waals surface area contributed by atoms with Gasteiger partial charge in [-0.15, -0.1) is 11.3 Å². The highest BCUT2D eigenvalue weighted by molar-refractivity contribution is 7.13. The number of carbonyl (C=O) groups is 1. The Hall–Kier alpha value is -1.99. The number of aryl methyl sites for hydroxylation is 1. The van der Waals surface area contributed by atoms with Gasteiger partial charge in [-0.1, -0.05) is 0 Å². The quantitative estimate of drug-likeness (QED) is 0.564. The molecular weight excluding hydrogens is 238 g/mol. The normalized spacial score (nSPS) is 10.0. The number of nitrogen functional groups attached to an aromatic ring is 1. The van der Waals surface area contributed by atoms with Crippen molar-refractivity contribution in [1.82, 2.24) is 9.97 Å². The van der Waals surface area contributed by atoms with Crippen LogP contribution in [0.25, 0.3) is 0 Å². The Bertz CT molecular complexity index is 539. The monoisotopic (exact) mass is 249 g/mol. The topological polar surface area (TPSA) is 92.9 Å². The van der Waals surface area contributed by atoms with Gasteiger partial charge in [-0.2, -0.15) is 0 Å². The summed E-state index contributed by atoms with van der Waals surface area (Å²) < 4.78 is 0. The van der Waals surface area contributed by atoms with Crippen molar-refractivity contribution in [2.24, 2.45) is 5.84 Å². The van der Waals surface area contributed by atoms with Crippen LogP contribution in [-0.4, -0.2) is 15.9 Å². The number of nitrogens with two attached hydrogens (primary N) is 1. The average molecular weight is 249 g/mol. The number of pyridine rings is 1. The molecule has 2 aromatic rings. The standard InChI is InChI=1S/C10H11N5OS/c1-6-5-17-10(13-6)14-9(16)7-4-12-3-2-8(7)15-11/h2-5H,11H2,1H3,(H,12,15)(H,13,14,16). The Balaban J connectivity index is 2.20. The third-order valence-electron chi connectivity index (χ3n) is 2.06. The number of rotatable bonds is 3. The molecule has 4 N–H and O–H groups in total. The summed E-state index contributed by atoms with van der Waals surface area (Å²) in [4.78, 5) is 20.0. The number of nitrogens with one attached hydrogen (secondary N) is 2. The molecule has 88 valence electrons. The van der Waals surface area contributed by atoms with E-state index in [0.717, 1.165) is 5.69 Å². The number of thiazole rings is 1. The van der Waals surface area contributed by atoms with Crippen molar-refractivity contribution in [3.05, 3.63) is 35.1 Å². The Morgan fingerprint density at radius 3 is 3.00 bits per heavy atom. The molecule has 0 aliphatic carbocycles. The average Bonchev–Trinajstić information content (AvgIpc) is 2.74. The van der Waals surface area contributed by atoms with E-state index in [9.17, 15) is 4.79 Å². The van der Waals surface area contributed by atoms with Crippen LogP contribution in [0.2, 0.25) is 0 Å². The first kappa shape index (κ1) is 11.5. The number of anilines is 2. The van der Waals surface area contributed by atoms with Crippen molar-refractivity contribution in [1.29, 1.82) is 0 Å². The molecule has 0 radical (unpaired) electrons. The van der Waals surface area contributed by atoms with Gasteiger partial charge in [0.15, 0.2) is 5.13 Å². The van der Waals surface area contributed by atoms with Gasteiger partial charge in [0.05, 0.1) is 16.9 Å². The summed E-state index contributed by atoms with van der Waals surface area (Å²) in [6.45, 7) is 1.86. The van der Waals surface area contributed by atoms with Gasteiger partial charge < -0.3 is 5.43 Å². The molecule has 0 bridgehead atoms. The maximum Gasteiger partial charge on any atom is 0.261 e. The van der Waals surface area contributed by atoms with Crippen molar-refractivity contribution in [2.75, 3.05) is 10.7 Å². The maximum atomic E-state index is 11.9. The van der Waals surface area contributed by atoms with E-state index in [4.69, 9.17) is 5.84 Å². The fourth-order valence-corrected chi connectivity index (χ4v) is 1.96. The van der Waals surface area contributed by atoms with Gasteiger partial charge in [-0.05, 0) is 13.0 Å². The minimum Gasteiger partial charge on any atom is -0.323 e. The summed E-state index contributed by atoms with van der Waals surface area (Å²) in [7, 11) is 0. The first-order valence-corrected chi connectivity index (χ1v) is 5.73. The minimum absolute atomic E-state index is 0.291. The lowest BCUT2D eigenvalue weighted by molar-refractivity contribution is 0.102. The number of hydrogen-bond donors (Lipinski definition) is 3. The molecule has 0 aliphatic rings. The van der Waals surface area contributed by atoms with Gasteiger partial charge in [0.1, 0.15) is 0 Å². The molecule has 0 saturated heterocycles. The van der Waals surface area contributed by atoms with Gasteiger partial charge in [0, 0.05) is 17.8 Å². The molecule has 1 amide bonds. The molecule has 7 heteroatoms. The summed E-state index contributed by atoms with van der Waals surface area (Å²) in [6, 6.07) is 1.63. The van der Waals surface area contributed by atoms with Crippen LogP contribution >= 0.6 is 11.3 Å². The largest absolute Gasteiger partial charge is 0.323 e. The lowest BCUT2D eigenvalue weighted by Crippen LogP contribution is -2.17. The molecule has 6 nitrogen and oxygen atoms in total. The maximum absolute atomic E-state index is 11.9. The molecule has 0 aliphatic heterocycles.